The van der Waals surface area contributed by atoms with Gasteiger partial charge in [0.1, 0.15) is 5.40 Å². The number of thioether (sulfide) groups is 2. The van der Waals surface area contributed by atoms with Crippen molar-refractivity contribution >= 4 is 35.1 Å². The van der Waals surface area contributed by atoms with Crippen LogP contribution < -0.4 is 5.32 Å². The minimum atomic E-state index is -0.128. The molecular weight excluding hydrogens is 380 g/mol. The van der Waals surface area contributed by atoms with Gasteiger partial charge in [-0.1, -0.05) is 11.8 Å². The SMILES string of the molecule is Cc1cc(SC#N)ccc1NC(=O)CSc1nnc(-c2ccncc2)n1C. The number of carbonyl (C=O) groups is 1. The van der Waals surface area contributed by atoms with E-state index < -0.39 is 0 Å². The first kappa shape index (κ1) is 18.9. The van der Waals surface area contributed by atoms with E-state index in [0.29, 0.717) is 5.16 Å². The van der Waals surface area contributed by atoms with Crippen LogP contribution in [0.3, 0.4) is 0 Å². The third kappa shape index (κ3) is 4.67. The summed E-state index contributed by atoms with van der Waals surface area (Å²) in [4.78, 5) is 17.1. The molecule has 2 aromatic heterocycles. The fourth-order valence-electron chi connectivity index (χ4n) is 2.40. The number of aromatic nitrogens is 4. The molecule has 0 saturated carbocycles. The molecule has 9 heteroatoms. The second-order valence-electron chi connectivity index (χ2n) is 5.61. The predicted molar refractivity (Wildman–Crippen MR) is 106 cm³/mol. The van der Waals surface area contributed by atoms with Crippen LogP contribution in [0.1, 0.15) is 5.56 Å². The highest BCUT2D eigenvalue weighted by Gasteiger charge is 2.13. The maximum atomic E-state index is 12.3. The highest BCUT2D eigenvalue weighted by atomic mass is 32.2. The molecule has 3 aromatic rings. The number of pyridine rings is 1. The minimum absolute atomic E-state index is 0.128. The molecule has 0 unspecified atom stereocenters. The van der Waals surface area contributed by atoms with Crippen LogP contribution in [-0.4, -0.2) is 31.4 Å². The number of hydrogen-bond acceptors (Lipinski definition) is 7. The quantitative estimate of drug-likeness (QED) is 0.503. The fourth-order valence-corrected chi connectivity index (χ4v) is 3.59. The van der Waals surface area contributed by atoms with Gasteiger partial charge in [0.05, 0.1) is 5.75 Å². The Morgan fingerprint density at radius 3 is 2.74 bits per heavy atom. The molecule has 0 atom stereocenters. The largest absolute Gasteiger partial charge is 0.325 e. The number of nitrogens with zero attached hydrogens (tertiary/aromatic N) is 5. The molecule has 1 aromatic carbocycles. The Balaban J connectivity index is 1.62. The average Bonchev–Trinajstić information content (AvgIpc) is 3.04. The standard InChI is InChI=1S/C18H16N6OS2/c1-12-9-14(27-11-19)3-4-15(12)21-16(25)10-26-18-23-22-17(24(18)2)13-5-7-20-8-6-13/h3-9H,10H2,1-2H3,(H,21,25). The van der Waals surface area contributed by atoms with Gasteiger partial charge in [-0.3, -0.25) is 9.78 Å². The van der Waals surface area contributed by atoms with Crippen LogP contribution >= 0.6 is 23.5 Å². The van der Waals surface area contributed by atoms with E-state index in [2.05, 4.69) is 20.5 Å². The van der Waals surface area contributed by atoms with Gasteiger partial charge in [-0.05, 0) is 54.6 Å². The third-order valence-electron chi connectivity index (χ3n) is 3.74. The number of amides is 1. The molecule has 7 nitrogen and oxygen atoms in total. The number of aryl methyl sites for hydroxylation is 1. The molecule has 1 N–H and O–H groups in total. The van der Waals surface area contributed by atoms with Gasteiger partial charge >= 0.3 is 0 Å². The number of hydrogen-bond donors (Lipinski definition) is 1. The second kappa shape index (κ2) is 8.70. The summed E-state index contributed by atoms with van der Waals surface area (Å²) in [7, 11) is 1.87. The third-order valence-corrected chi connectivity index (χ3v) is 5.34. The Hall–Kier alpha value is -2.83. The molecule has 0 fully saturated rings. The zero-order valence-corrected chi connectivity index (χ0v) is 16.3. The highest BCUT2D eigenvalue weighted by Crippen LogP contribution is 2.25. The van der Waals surface area contributed by atoms with Crippen LogP contribution in [-0.2, 0) is 11.8 Å². The first-order valence-corrected chi connectivity index (χ1v) is 9.77. The summed E-state index contributed by atoms with van der Waals surface area (Å²) in [6.45, 7) is 1.90. The van der Waals surface area contributed by atoms with E-state index in [1.165, 1.54) is 11.8 Å². The lowest BCUT2D eigenvalue weighted by Crippen LogP contribution is -2.15. The van der Waals surface area contributed by atoms with E-state index in [-0.39, 0.29) is 11.7 Å². The van der Waals surface area contributed by atoms with E-state index in [0.717, 1.165) is 39.3 Å². The lowest BCUT2D eigenvalue weighted by atomic mass is 10.2. The van der Waals surface area contributed by atoms with E-state index in [4.69, 9.17) is 5.26 Å². The van der Waals surface area contributed by atoms with Crippen LogP contribution in [0, 0.1) is 17.6 Å². The van der Waals surface area contributed by atoms with E-state index >= 15 is 0 Å². The van der Waals surface area contributed by atoms with Crippen LogP contribution in [0.2, 0.25) is 0 Å². The van der Waals surface area contributed by atoms with Gasteiger partial charge in [-0.15, -0.1) is 10.2 Å². The number of benzene rings is 1. The zero-order chi connectivity index (χ0) is 19.2. The van der Waals surface area contributed by atoms with Gasteiger partial charge in [0.15, 0.2) is 11.0 Å². The van der Waals surface area contributed by atoms with Gasteiger partial charge in [0.25, 0.3) is 0 Å². The van der Waals surface area contributed by atoms with Crippen molar-refractivity contribution in [1.29, 1.82) is 5.26 Å². The van der Waals surface area contributed by atoms with Gasteiger partial charge in [-0.25, -0.2) is 0 Å². The monoisotopic (exact) mass is 396 g/mol. The molecular formula is C18H16N6OS2. The predicted octanol–water partition coefficient (Wildman–Crippen LogP) is 3.49. The molecule has 3 rings (SSSR count). The Morgan fingerprint density at radius 2 is 2.04 bits per heavy atom. The number of nitrogens with one attached hydrogen (secondary N) is 1. The van der Waals surface area contributed by atoms with Gasteiger partial charge in [0.2, 0.25) is 5.91 Å². The smallest absolute Gasteiger partial charge is 0.234 e. The molecule has 0 radical (unpaired) electrons. The number of carbonyl (C=O) groups excluding carboxylic acids is 1. The van der Waals surface area contributed by atoms with Crippen molar-refractivity contribution in [2.45, 2.75) is 17.0 Å². The van der Waals surface area contributed by atoms with Gasteiger partial charge < -0.3 is 9.88 Å². The molecule has 0 bridgehead atoms. The van der Waals surface area contributed by atoms with Crippen LogP contribution in [0.5, 0.6) is 0 Å². The summed E-state index contributed by atoms with van der Waals surface area (Å²) in [5.41, 5.74) is 2.56. The van der Waals surface area contributed by atoms with Gasteiger partial charge in [0, 0.05) is 35.6 Å². The first-order valence-electron chi connectivity index (χ1n) is 7.97. The van der Waals surface area contributed by atoms with Crippen LogP contribution in [0.15, 0.2) is 52.8 Å². The summed E-state index contributed by atoms with van der Waals surface area (Å²) in [6.07, 6.45) is 3.40. The molecule has 0 aliphatic carbocycles. The first-order chi connectivity index (χ1) is 13.1. The van der Waals surface area contributed by atoms with Crippen LogP contribution in [0.4, 0.5) is 5.69 Å². The lowest BCUT2D eigenvalue weighted by molar-refractivity contribution is -0.113. The molecule has 0 aliphatic heterocycles. The van der Waals surface area contributed by atoms with E-state index in [1.54, 1.807) is 18.5 Å². The summed E-state index contributed by atoms with van der Waals surface area (Å²) < 4.78 is 1.85. The van der Waals surface area contributed by atoms with Crippen molar-refractivity contribution in [3.05, 3.63) is 48.3 Å². The zero-order valence-electron chi connectivity index (χ0n) is 14.7. The summed E-state index contributed by atoms with van der Waals surface area (Å²) in [5.74, 6) is 0.815. The fraction of sp³-hybridized carbons (Fsp3) is 0.167. The van der Waals surface area contributed by atoms with Crippen molar-refractivity contribution < 1.29 is 4.79 Å². The Labute approximate surface area is 165 Å². The van der Waals surface area contributed by atoms with Gasteiger partial charge in [-0.2, -0.15) is 5.26 Å². The molecule has 0 saturated heterocycles. The molecule has 0 spiro atoms. The average molecular weight is 397 g/mol. The molecule has 1 amide bonds. The number of thiocyanates is 1. The Morgan fingerprint density at radius 1 is 1.26 bits per heavy atom. The normalized spacial score (nSPS) is 10.4. The van der Waals surface area contributed by atoms with E-state index in [9.17, 15) is 4.79 Å². The highest BCUT2D eigenvalue weighted by molar-refractivity contribution is 8.03. The van der Waals surface area contributed by atoms with Crippen LogP contribution in [0.25, 0.3) is 11.4 Å². The number of nitriles is 1. The van der Waals surface area contributed by atoms with Crippen molar-refractivity contribution in [2.75, 3.05) is 11.1 Å². The summed E-state index contributed by atoms with van der Waals surface area (Å²) >= 11 is 2.42. The van der Waals surface area contributed by atoms with Crippen molar-refractivity contribution in [2.24, 2.45) is 7.05 Å². The van der Waals surface area contributed by atoms with Crippen molar-refractivity contribution in [3.8, 4) is 16.8 Å². The molecule has 136 valence electrons. The maximum Gasteiger partial charge on any atom is 0.234 e. The number of anilines is 1. The molecule has 0 aliphatic rings. The summed E-state index contributed by atoms with van der Waals surface area (Å²) in [6, 6.07) is 9.22. The molecule has 27 heavy (non-hydrogen) atoms. The van der Waals surface area contributed by atoms with E-state index in [1.807, 2.05) is 48.2 Å². The number of rotatable bonds is 6. The Bertz CT molecular complexity index is 997. The molecule has 2 heterocycles. The van der Waals surface area contributed by atoms with Crippen molar-refractivity contribution in [3.63, 3.8) is 0 Å². The Kier molecular flexibility index (Phi) is 6.11. The second-order valence-corrected chi connectivity index (χ2v) is 7.41. The minimum Gasteiger partial charge on any atom is -0.325 e. The maximum absolute atomic E-state index is 12.3. The topological polar surface area (TPSA) is 96.5 Å². The summed E-state index contributed by atoms with van der Waals surface area (Å²) in [5, 5.41) is 22.7. The van der Waals surface area contributed by atoms with Crippen molar-refractivity contribution in [1.82, 2.24) is 19.7 Å². The lowest BCUT2D eigenvalue weighted by Gasteiger charge is -2.09.